The number of hydrogen-bond acceptors (Lipinski definition) is 30. The highest BCUT2D eigenvalue weighted by Crippen LogP contribution is 2.40. The maximum absolute atomic E-state index is 15.0. The monoisotopic (exact) mass is 2020 g/mol. The fraction of sp³-hybridized carbons (Fsp3) is 0.253. The second-order valence-corrected chi connectivity index (χ2v) is 37.5. The lowest BCUT2D eigenvalue weighted by atomic mass is 9.97. The molecule has 0 spiro atoms. The highest BCUT2D eigenvalue weighted by molar-refractivity contribution is 9.10. The minimum absolute atomic E-state index is 0.00597. The third-order valence-electron chi connectivity index (χ3n) is 22.7. The van der Waals surface area contributed by atoms with Gasteiger partial charge < -0.3 is 39.4 Å². The van der Waals surface area contributed by atoms with Crippen molar-refractivity contribution >= 4 is 55.1 Å². The zero-order valence-electron chi connectivity index (χ0n) is 77.6. The van der Waals surface area contributed by atoms with Gasteiger partial charge >= 0.3 is 0 Å². The van der Waals surface area contributed by atoms with Gasteiger partial charge in [0.15, 0.2) is 17.5 Å². The first-order chi connectivity index (χ1) is 65.4. The molecule has 0 aromatic carbocycles. The lowest BCUT2D eigenvalue weighted by molar-refractivity contribution is 0.0684. The summed E-state index contributed by atoms with van der Waals surface area (Å²) in [5.41, 5.74) is 5.78. The maximum atomic E-state index is 15.0. The number of pyridine rings is 10. The van der Waals surface area contributed by atoms with Gasteiger partial charge in [0.05, 0.1) is 109 Å². The van der Waals surface area contributed by atoms with Gasteiger partial charge in [0.25, 0.3) is 22.2 Å². The van der Waals surface area contributed by atoms with Crippen molar-refractivity contribution in [3.8, 4) is 125 Å². The first-order valence-corrected chi connectivity index (χ1v) is 45.3. The van der Waals surface area contributed by atoms with Crippen molar-refractivity contribution in [1.82, 2.24) is 108 Å². The van der Waals surface area contributed by atoms with Crippen LogP contribution in [0.5, 0.6) is 23.0 Å². The molecule has 4 N–H and O–H groups in total. The first kappa shape index (κ1) is 96.8. The Bertz CT molecular complexity index is 7870. The van der Waals surface area contributed by atoms with Crippen LogP contribution in [0, 0.1) is 68.1 Å². The Morgan fingerprint density at radius 1 is 0.326 bits per heavy atom. The number of rotatable bonds is 27. The van der Waals surface area contributed by atoms with Gasteiger partial charge in [-0.15, -0.1) is 0 Å². The maximum Gasteiger partial charge on any atom is 0.277 e. The summed E-state index contributed by atoms with van der Waals surface area (Å²) < 4.78 is 45.6. The largest absolute Gasteiger partial charge is 0.486 e. The van der Waals surface area contributed by atoms with Crippen LogP contribution in [0.2, 0.25) is 10.0 Å². The molecule has 0 aliphatic rings. The quantitative estimate of drug-likeness (QED) is 0.0371. The molecule has 34 nitrogen and oxygen atoms in total. The molecule has 0 amide bonds. The van der Waals surface area contributed by atoms with E-state index in [0.717, 1.165) is 6.20 Å². The van der Waals surface area contributed by atoms with Crippen molar-refractivity contribution < 1.29 is 43.8 Å². The van der Waals surface area contributed by atoms with Crippen LogP contribution in [0.15, 0.2) is 188 Å². The van der Waals surface area contributed by atoms with Gasteiger partial charge in [-0.05, 0) is 243 Å². The van der Waals surface area contributed by atoms with E-state index in [-0.39, 0.29) is 109 Å². The molecule has 0 saturated carbocycles. The van der Waals surface area contributed by atoms with Crippen LogP contribution in [0.4, 0.5) is 4.39 Å². The zero-order valence-corrected chi connectivity index (χ0v) is 82.3. The molecular weight excluding hydrogens is 1940 g/mol. The summed E-state index contributed by atoms with van der Waals surface area (Å²) in [5, 5.41) is 45.2. The molecule has 702 valence electrons. The summed E-state index contributed by atoms with van der Waals surface area (Å²) in [6.07, 6.45) is 19.0. The van der Waals surface area contributed by atoms with E-state index in [9.17, 15) is 44.0 Å². The predicted octanol–water partition coefficient (Wildman–Crippen LogP) is 16.0. The molecule has 16 aromatic rings. The molecule has 16 heterocycles. The molecule has 16 aromatic heterocycles. The first-order valence-electron chi connectivity index (χ1n) is 43.0. The minimum Gasteiger partial charge on any atom is -0.486 e. The van der Waals surface area contributed by atoms with E-state index in [1.54, 1.807) is 205 Å². The van der Waals surface area contributed by atoms with E-state index in [4.69, 9.17) is 77.0 Å². The number of hydrogen-bond donors (Lipinski definition) is 4. The van der Waals surface area contributed by atoms with E-state index in [0.29, 0.717) is 158 Å². The standard InChI is InChI=1S/C99H89Br2Cl2FN22O12/c1-48-31-109-64(67-23-58(25-84(118-67)97(12,13)132)60-37-106-45-115-72(60)41-137-81-21-56(9)126(93(130)87(81)102)78-30-70(112-34-51(78)4)89-52(5)35-113-94(122-89)98(14,15)133)27-75(48)123-53(6)18-79(85(100)90(123)127)135-40-71-59(36-105-44-114-71)57-22-68(119-83(24-57)96(10,11)131)65-28-77(50(3)33-110-65)125-55(8)20-82(88(103)92(125)129)138-42-73-61(38-107-46-116-73)63-26-69(121-95(120-63)99(16,17)134)66-29-76(49(2)32-111-66)124-54(7)19-80(86(101)91(124)128)136-43-74-62(104)39-108-47-117-74/h18-39,44-47,131-134H,40-43H2,1-17H3. The molecule has 39 heteroatoms. The molecule has 16 rings (SSSR count). The van der Waals surface area contributed by atoms with Crippen molar-refractivity contribution in [2.24, 2.45) is 0 Å². The molecule has 0 atom stereocenters. The smallest absolute Gasteiger partial charge is 0.277 e. The third-order valence-corrected chi connectivity index (χ3v) is 24.8. The fourth-order valence-corrected chi connectivity index (χ4v) is 16.5. The average Bonchev–Trinajstić information content (AvgIpc) is 0.773. The van der Waals surface area contributed by atoms with Crippen molar-refractivity contribution in [1.29, 1.82) is 0 Å². The van der Waals surface area contributed by atoms with E-state index in [2.05, 4.69) is 86.7 Å². The van der Waals surface area contributed by atoms with Gasteiger partial charge in [0.2, 0.25) is 0 Å². The predicted molar refractivity (Wildman–Crippen MR) is 519 cm³/mol. The Morgan fingerprint density at radius 3 is 1.05 bits per heavy atom. The normalized spacial score (nSPS) is 11.9. The topological polar surface area (TPSA) is 438 Å². The van der Waals surface area contributed by atoms with E-state index in [1.807, 2.05) is 20.8 Å². The Morgan fingerprint density at radius 2 is 0.652 bits per heavy atom. The zero-order chi connectivity index (χ0) is 98.8. The Labute approximate surface area is 815 Å². The molecule has 0 radical (unpaired) electrons. The van der Waals surface area contributed by atoms with Crippen LogP contribution in [0.1, 0.15) is 152 Å². The Kier molecular flexibility index (Phi) is 26.9. The van der Waals surface area contributed by atoms with Crippen molar-refractivity contribution in [2.45, 2.75) is 167 Å². The third kappa shape index (κ3) is 19.9. The SMILES string of the molecule is Cc1cnc(-c2nc(C(C)(C)O)ncc2C)cc1-n1c(C)cc(OCc2ncncc2-c2cc(-c3cc(-n4c(C)cc(OCc5ncncc5-c5cc(-c6cc(-n7c(C)cc(OCc8ncncc8-c8cc(-c9cc(-n%10c(C)cc(OCc%11ncncc%11F)c(Br)c%10=O)c(C)cn9)nc(C(C)(C)O)n8)c(Cl)c7=O)c(C)cn6)nc(C(C)(C)O)c5)c(Br)c4=O)c(C)cn3)nc(C(C)(C)O)c2)c(Cl)c1=O. The van der Waals surface area contributed by atoms with Crippen molar-refractivity contribution in [2.75, 3.05) is 0 Å². The summed E-state index contributed by atoms with van der Waals surface area (Å²) in [5.74, 6) is 0.0228. The molecule has 0 bridgehead atoms. The highest BCUT2D eigenvalue weighted by Gasteiger charge is 2.32. The number of aromatic nitrogens is 22. The second kappa shape index (κ2) is 38.3. The molecular formula is C99H89Br2Cl2FN22O12. The lowest BCUT2D eigenvalue weighted by Crippen LogP contribution is -2.23. The minimum atomic E-state index is -1.60. The lowest BCUT2D eigenvalue weighted by Gasteiger charge is -2.21. The van der Waals surface area contributed by atoms with E-state index >= 15 is 0 Å². The van der Waals surface area contributed by atoms with Crippen LogP contribution < -0.4 is 41.2 Å². The van der Waals surface area contributed by atoms with Crippen LogP contribution in [0.3, 0.4) is 0 Å². The van der Waals surface area contributed by atoms with Crippen molar-refractivity contribution in [3.63, 3.8) is 0 Å². The second-order valence-electron chi connectivity index (χ2n) is 35.1. The molecule has 0 unspecified atom stereocenters. The summed E-state index contributed by atoms with van der Waals surface area (Å²) in [4.78, 5) is 140. The number of aliphatic hydroxyl groups is 4. The number of halogens is 5. The molecule has 0 saturated heterocycles. The van der Waals surface area contributed by atoms with Gasteiger partial charge in [-0.1, -0.05) is 23.2 Å². The van der Waals surface area contributed by atoms with Gasteiger partial charge in [-0.25, -0.2) is 74.2 Å². The van der Waals surface area contributed by atoms with Gasteiger partial charge in [-0.2, -0.15) is 0 Å². The van der Waals surface area contributed by atoms with Crippen LogP contribution in [0.25, 0.3) is 102 Å². The van der Waals surface area contributed by atoms with Gasteiger partial charge in [0, 0.05) is 113 Å². The molecule has 0 aliphatic carbocycles. The van der Waals surface area contributed by atoms with E-state index in [1.165, 1.54) is 63.6 Å². The van der Waals surface area contributed by atoms with Gasteiger partial charge in [0.1, 0.15) is 122 Å². The average molecular weight is 2030 g/mol. The summed E-state index contributed by atoms with van der Waals surface area (Å²) in [6, 6.07) is 22.0. The molecule has 0 aliphatic heterocycles. The number of nitrogens with zero attached hydrogens (tertiary/aromatic N) is 22. The van der Waals surface area contributed by atoms with E-state index < -0.39 is 50.5 Å². The van der Waals surface area contributed by atoms with Crippen molar-refractivity contribution in [3.05, 3.63) is 323 Å². The molecule has 138 heavy (non-hydrogen) atoms. The van der Waals surface area contributed by atoms with Crippen LogP contribution in [-0.2, 0) is 48.8 Å². The summed E-state index contributed by atoms with van der Waals surface area (Å²) in [7, 11) is 0. The Balaban J connectivity index is 0.635. The summed E-state index contributed by atoms with van der Waals surface area (Å²) >= 11 is 21.0. The van der Waals surface area contributed by atoms with Gasteiger partial charge in [-0.3, -0.25) is 57.4 Å². The summed E-state index contributed by atoms with van der Waals surface area (Å²) in [6.45, 7) is 27.7. The fourth-order valence-electron chi connectivity index (χ4n) is 15.3. The number of ether oxygens (including phenoxy) is 4. The molecule has 0 fully saturated rings. The number of aryl methyl sites for hydroxylation is 9. The van der Waals surface area contributed by atoms with Crippen LogP contribution >= 0.6 is 55.1 Å². The van der Waals surface area contributed by atoms with Crippen LogP contribution in [-0.4, -0.2) is 128 Å². The highest BCUT2D eigenvalue weighted by atomic mass is 79.9. The Hall–Kier alpha value is -14.3.